The largest absolute Gasteiger partial charge is 0.481 e. The van der Waals surface area contributed by atoms with Crippen LogP contribution >= 0.6 is 11.8 Å². The average molecular weight is 449 g/mol. The highest BCUT2D eigenvalue weighted by Crippen LogP contribution is 2.27. The smallest absolute Gasteiger partial charge is 0.336 e. The van der Waals surface area contributed by atoms with Gasteiger partial charge in [-0.05, 0) is 42.9 Å². The molecule has 1 unspecified atom stereocenters. The van der Waals surface area contributed by atoms with Crippen molar-refractivity contribution in [3.63, 3.8) is 0 Å². The third kappa shape index (κ3) is 5.69. The van der Waals surface area contributed by atoms with Gasteiger partial charge in [0.15, 0.2) is 11.7 Å². The number of aromatic nitrogens is 1. The molecule has 4 aromatic rings. The Balaban J connectivity index is 1.33. The number of nitrogens with zero attached hydrogens (tertiary/aromatic N) is 1. The van der Waals surface area contributed by atoms with Gasteiger partial charge in [-0.1, -0.05) is 42.5 Å². The van der Waals surface area contributed by atoms with Crippen LogP contribution < -0.4 is 10.1 Å². The van der Waals surface area contributed by atoms with Crippen LogP contribution in [0.5, 0.6) is 5.75 Å². The maximum absolute atomic E-state index is 11.3. The van der Waals surface area contributed by atoms with Gasteiger partial charge in [0.2, 0.25) is 5.89 Å². The van der Waals surface area contributed by atoms with E-state index in [1.165, 1.54) is 11.8 Å². The van der Waals surface area contributed by atoms with Crippen LogP contribution in [0.25, 0.3) is 11.1 Å². The summed E-state index contributed by atoms with van der Waals surface area (Å²) in [6.07, 6.45) is 0.357. The van der Waals surface area contributed by atoms with E-state index in [2.05, 4.69) is 10.3 Å². The zero-order valence-corrected chi connectivity index (χ0v) is 18.3. The Morgan fingerprint density at radius 2 is 1.75 bits per heavy atom. The first-order chi connectivity index (χ1) is 15.7. The van der Waals surface area contributed by atoms with Crippen LogP contribution in [0.3, 0.4) is 0 Å². The van der Waals surface area contributed by atoms with Crippen LogP contribution in [-0.2, 0) is 0 Å². The number of hydrogen-bond acceptors (Lipinski definition) is 6. The van der Waals surface area contributed by atoms with Crippen LogP contribution in [0.4, 0.5) is 0 Å². The minimum absolute atomic E-state index is 0.322. The van der Waals surface area contributed by atoms with Crippen molar-refractivity contribution in [3.05, 3.63) is 90.3 Å². The molecule has 1 atom stereocenters. The molecule has 0 fully saturated rings. The van der Waals surface area contributed by atoms with Gasteiger partial charge in [-0.25, -0.2) is 9.78 Å². The molecule has 1 aromatic heterocycles. The molecule has 4 rings (SSSR count). The van der Waals surface area contributed by atoms with E-state index in [-0.39, 0.29) is 6.10 Å². The molecule has 1 heterocycles. The van der Waals surface area contributed by atoms with E-state index in [4.69, 9.17) is 9.15 Å². The zero-order valence-electron chi connectivity index (χ0n) is 17.4. The lowest BCUT2D eigenvalue weighted by Gasteiger charge is -2.16. The normalized spacial score (nSPS) is 12.0. The van der Waals surface area contributed by atoms with Crippen molar-refractivity contribution in [3.8, 4) is 5.75 Å². The second-order valence-electron chi connectivity index (χ2n) is 7.13. The summed E-state index contributed by atoms with van der Waals surface area (Å²) in [7, 11) is 0. The van der Waals surface area contributed by atoms with Gasteiger partial charge >= 0.3 is 5.97 Å². The van der Waals surface area contributed by atoms with Crippen LogP contribution in [0.1, 0.15) is 28.8 Å². The van der Waals surface area contributed by atoms with Crippen LogP contribution in [0.2, 0.25) is 0 Å². The molecular formula is C25H24N2O4S. The first-order valence-corrected chi connectivity index (χ1v) is 11.4. The molecular weight excluding hydrogens is 424 g/mol. The average Bonchev–Trinajstić information content (AvgIpc) is 3.25. The number of fused-ring (bicyclic) bond motifs is 1. The molecule has 0 saturated carbocycles. The Bertz CT molecular complexity index is 1130. The number of aromatic carboxylic acids is 1. The van der Waals surface area contributed by atoms with E-state index >= 15 is 0 Å². The molecule has 164 valence electrons. The molecule has 0 spiro atoms. The third-order valence-electron chi connectivity index (χ3n) is 4.84. The van der Waals surface area contributed by atoms with E-state index in [0.717, 1.165) is 34.0 Å². The quantitative estimate of drug-likeness (QED) is 0.234. The molecule has 0 amide bonds. The topological polar surface area (TPSA) is 84.6 Å². The number of carbonyl (C=O) groups is 1. The lowest BCUT2D eigenvalue weighted by atomic mass is 10.2. The van der Waals surface area contributed by atoms with Gasteiger partial charge in [0.25, 0.3) is 0 Å². The van der Waals surface area contributed by atoms with Crippen molar-refractivity contribution in [1.29, 1.82) is 0 Å². The number of hydrogen-bond donors (Lipinski definition) is 2. The lowest BCUT2D eigenvalue weighted by Crippen LogP contribution is -2.22. The fourth-order valence-electron chi connectivity index (χ4n) is 3.28. The molecule has 32 heavy (non-hydrogen) atoms. The van der Waals surface area contributed by atoms with Crippen LogP contribution in [0, 0.1) is 0 Å². The first-order valence-electron chi connectivity index (χ1n) is 10.4. The number of benzene rings is 3. The molecule has 2 N–H and O–H groups in total. The maximum atomic E-state index is 11.3. The fraction of sp³-hybridized carbons (Fsp3) is 0.200. The number of rotatable bonds is 11. The third-order valence-corrected chi connectivity index (χ3v) is 5.92. The summed E-state index contributed by atoms with van der Waals surface area (Å²) < 4.78 is 12.1. The van der Waals surface area contributed by atoms with Gasteiger partial charge < -0.3 is 19.6 Å². The summed E-state index contributed by atoms with van der Waals surface area (Å²) in [6, 6.07) is 24.4. The van der Waals surface area contributed by atoms with E-state index in [1.54, 1.807) is 12.1 Å². The molecule has 0 aliphatic heterocycles. The molecule has 0 bridgehead atoms. The predicted octanol–water partition coefficient (Wildman–Crippen LogP) is 5.42. The summed E-state index contributed by atoms with van der Waals surface area (Å²) in [5.41, 5.74) is 1.89. The lowest BCUT2D eigenvalue weighted by molar-refractivity contribution is 0.0693. The number of para-hydroxylation sites is 3. The molecule has 3 aromatic carbocycles. The Hall–Kier alpha value is -3.29. The number of thioether (sulfide) groups is 1. The second-order valence-corrected chi connectivity index (χ2v) is 8.26. The van der Waals surface area contributed by atoms with Crippen LogP contribution in [0.15, 0.2) is 88.2 Å². The van der Waals surface area contributed by atoms with Crippen molar-refractivity contribution in [1.82, 2.24) is 10.3 Å². The Morgan fingerprint density at radius 3 is 2.56 bits per heavy atom. The fourth-order valence-corrected chi connectivity index (χ4v) is 4.24. The number of carboxylic acid groups (broad SMARTS) is 1. The van der Waals surface area contributed by atoms with E-state index in [0.29, 0.717) is 24.4 Å². The first kappa shape index (κ1) is 21.9. The van der Waals surface area contributed by atoms with Crippen molar-refractivity contribution < 1.29 is 19.1 Å². The van der Waals surface area contributed by atoms with Gasteiger partial charge in [-0.2, -0.15) is 0 Å². The highest BCUT2D eigenvalue weighted by Gasteiger charge is 2.20. The van der Waals surface area contributed by atoms with Gasteiger partial charge in [0.1, 0.15) is 11.3 Å². The van der Waals surface area contributed by atoms with Crippen molar-refractivity contribution >= 4 is 28.8 Å². The van der Waals surface area contributed by atoms with E-state index < -0.39 is 5.97 Å². The summed E-state index contributed by atoms with van der Waals surface area (Å²) in [4.78, 5) is 16.7. The van der Waals surface area contributed by atoms with Gasteiger partial charge in [0, 0.05) is 23.6 Å². The van der Waals surface area contributed by atoms with Gasteiger partial charge in [-0.15, -0.1) is 11.8 Å². The molecule has 7 heteroatoms. The summed E-state index contributed by atoms with van der Waals surface area (Å²) in [6.45, 7) is 1.45. The number of nitrogens with one attached hydrogen (secondary N) is 1. The summed E-state index contributed by atoms with van der Waals surface area (Å²) in [5, 5.41) is 12.7. The van der Waals surface area contributed by atoms with Crippen molar-refractivity contribution in [2.24, 2.45) is 0 Å². The highest BCUT2D eigenvalue weighted by molar-refractivity contribution is 7.99. The second kappa shape index (κ2) is 10.8. The molecule has 0 aliphatic carbocycles. The van der Waals surface area contributed by atoms with Crippen LogP contribution in [-0.4, -0.2) is 34.9 Å². The minimum Gasteiger partial charge on any atom is -0.481 e. The minimum atomic E-state index is -0.903. The number of carboxylic acids is 1. The monoisotopic (exact) mass is 448 g/mol. The van der Waals surface area contributed by atoms with Crippen molar-refractivity contribution in [2.75, 3.05) is 18.8 Å². The summed E-state index contributed by atoms with van der Waals surface area (Å²) in [5.74, 6) is 1.18. The molecule has 0 aliphatic rings. The van der Waals surface area contributed by atoms with Gasteiger partial charge in [-0.3, -0.25) is 0 Å². The Morgan fingerprint density at radius 1 is 1.00 bits per heavy atom. The Labute approximate surface area is 190 Å². The predicted molar refractivity (Wildman–Crippen MR) is 125 cm³/mol. The number of ether oxygens (including phenoxy) is 1. The summed E-state index contributed by atoms with van der Waals surface area (Å²) >= 11 is 1.53. The van der Waals surface area contributed by atoms with Crippen molar-refractivity contribution in [2.45, 2.75) is 17.4 Å². The van der Waals surface area contributed by atoms with E-state index in [1.807, 2.05) is 66.7 Å². The molecule has 6 nitrogen and oxygen atoms in total. The Kier molecular flexibility index (Phi) is 7.42. The number of oxazole rings is 1. The maximum Gasteiger partial charge on any atom is 0.336 e. The molecule has 0 radical (unpaired) electrons. The zero-order chi connectivity index (χ0) is 22.2. The molecule has 0 saturated heterocycles. The highest BCUT2D eigenvalue weighted by atomic mass is 32.2. The SMILES string of the molecule is O=C(O)c1ccccc1SCCNCCC(Oc1ccccc1)c1nc2ccccc2o1. The van der Waals surface area contributed by atoms with Gasteiger partial charge in [0.05, 0.1) is 5.56 Å². The standard InChI is InChI=1S/C25H24N2O4S/c28-25(29)19-10-4-7-13-23(19)32-17-16-26-15-14-22(30-18-8-2-1-3-9-18)24-27-20-11-5-6-12-21(20)31-24/h1-13,22,26H,14-17H2,(H,28,29). The van der Waals surface area contributed by atoms with E-state index in [9.17, 15) is 9.90 Å².